The van der Waals surface area contributed by atoms with Crippen molar-refractivity contribution >= 4 is 58.3 Å². The second-order valence-electron chi connectivity index (χ2n) is 3.83. The van der Waals surface area contributed by atoms with Crippen LogP contribution in [0.2, 0.25) is 0 Å². The largest absolute Gasteiger partial charge is 0.421 e. The molecule has 0 saturated carbocycles. The lowest BCUT2D eigenvalue weighted by molar-refractivity contribution is -0.143. The predicted octanol–water partition coefficient (Wildman–Crippen LogP) is 4.32. The zero-order valence-electron chi connectivity index (χ0n) is 11.0. The van der Waals surface area contributed by atoms with E-state index in [9.17, 15) is 9.59 Å². The Morgan fingerprint density at radius 3 is 1.45 bits per heavy atom. The van der Waals surface area contributed by atoms with Crippen molar-refractivity contribution in [3.63, 3.8) is 0 Å². The molecule has 0 spiro atoms. The van der Waals surface area contributed by atoms with Gasteiger partial charge >= 0.3 is 11.9 Å². The number of hydrogen-bond acceptors (Lipinski definition) is 4. The molecule has 0 aliphatic carbocycles. The molecule has 0 aliphatic rings. The molecule has 0 aliphatic heterocycles. The van der Waals surface area contributed by atoms with Gasteiger partial charge in [-0.05, 0) is 0 Å². The van der Waals surface area contributed by atoms with Crippen molar-refractivity contribution in [3.8, 4) is 0 Å². The summed E-state index contributed by atoms with van der Waals surface area (Å²) in [5, 5.41) is 0. The maximum Gasteiger partial charge on any atom is 0.333 e. The van der Waals surface area contributed by atoms with Crippen molar-refractivity contribution in [2.75, 3.05) is 0 Å². The first-order chi connectivity index (χ1) is 10.1. The number of alkyl halides is 4. The van der Waals surface area contributed by atoms with Crippen LogP contribution in [0, 0.1) is 0 Å². The number of benzene rings is 1. The fraction of sp³-hybridized carbons (Fsp3) is 0.143. The Kier molecular flexibility index (Phi) is 6.32. The first kappa shape index (κ1) is 18.8. The molecule has 118 valence electrons. The molecule has 1 rings (SSSR count). The maximum atomic E-state index is 11.3. The van der Waals surface area contributed by atoms with Gasteiger partial charge in [0.25, 0.3) is 9.04 Å². The monoisotopic (exact) mass is 382 g/mol. The standard InChI is InChI=1S/C14H10Cl4O4/c1-3-11(19)21-13(15,16)9-7-5-6-8-10(9)14(17,18)22-12(20)4-2/h3-8H,1-2H2. The lowest BCUT2D eigenvalue weighted by Gasteiger charge is -2.27. The van der Waals surface area contributed by atoms with Crippen molar-refractivity contribution in [3.05, 3.63) is 60.7 Å². The van der Waals surface area contributed by atoms with Gasteiger partial charge in [0.1, 0.15) is 0 Å². The zero-order valence-corrected chi connectivity index (χ0v) is 14.0. The fourth-order valence-electron chi connectivity index (χ4n) is 1.44. The highest BCUT2D eigenvalue weighted by Gasteiger charge is 2.41. The van der Waals surface area contributed by atoms with Crippen LogP contribution in [0.5, 0.6) is 0 Å². The number of halogens is 4. The SMILES string of the molecule is C=CC(=O)OC(Cl)(Cl)c1ccccc1C(Cl)(Cl)OC(=O)C=C. The lowest BCUT2D eigenvalue weighted by atomic mass is 10.1. The minimum atomic E-state index is -2.11. The number of rotatable bonds is 6. The first-order valence-corrected chi connectivity index (χ1v) is 7.21. The highest BCUT2D eigenvalue weighted by Crippen LogP contribution is 2.45. The molecule has 0 radical (unpaired) electrons. The van der Waals surface area contributed by atoms with Crippen molar-refractivity contribution < 1.29 is 19.1 Å². The van der Waals surface area contributed by atoms with E-state index in [1.165, 1.54) is 12.1 Å². The molecular formula is C14H10Cl4O4. The van der Waals surface area contributed by atoms with Gasteiger partial charge < -0.3 is 9.47 Å². The minimum absolute atomic E-state index is 0.0235. The average molecular weight is 384 g/mol. The van der Waals surface area contributed by atoms with Crippen LogP contribution in [-0.2, 0) is 28.1 Å². The third kappa shape index (κ3) is 4.65. The van der Waals surface area contributed by atoms with Gasteiger partial charge in [-0.15, -0.1) is 0 Å². The Balaban J connectivity index is 3.29. The van der Waals surface area contributed by atoms with Crippen LogP contribution in [0.25, 0.3) is 0 Å². The normalized spacial score (nSPS) is 11.5. The van der Waals surface area contributed by atoms with E-state index in [1.807, 2.05) is 0 Å². The van der Waals surface area contributed by atoms with Gasteiger partial charge in [-0.2, -0.15) is 0 Å². The van der Waals surface area contributed by atoms with Gasteiger partial charge in [-0.1, -0.05) is 83.8 Å². The van der Waals surface area contributed by atoms with Crippen LogP contribution in [0.4, 0.5) is 0 Å². The van der Waals surface area contributed by atoms with Crippen LogP contribution in [0.1, 0.15) is 11.1 Å². The molecule has 0 bridgehead atoms. The molecule has 0 atom stereocenters. The van der Waals surface area contributed by atoms with Gasteiger partial charge in [-0.3, -0.25) is 0 Å². The summed E-state index contributed by atoms with van der Waals surface area (Å²) in [6.07, 6.45) is 1.77. The number of carbonyl (C=O) groups excluding carboxylic acids is 2. The van der Waals surface area contributed by atoms with Crippen LogP contribution in [0.3, 0.4) is 0 Å². The average Bonchev–Trinajstić information content (AvgIpc) is 2.46. The van der Waals surface area contributed by atoms with E-state index < -0.39 is 21.0 Å². The van der Waals surface area contributed by atoms with Gasteiger partial charge in [0.2, 0.25) is 0 Å². The molecule has 0 fully saturated rings. The molecule has 1 aromatic carbocycles. The Hall–Kier alpha value is -1.20. The van der Waals surface area contributed by atoms with E-state index >= 15 is 0 Å². The lowest BCUT2D eigenvalue weighted by Crippen LogP contribution is -2.27. The molecule has 0 N–H and O–H groups in total. The molecule has 0 saturated heterocycles. The third-order valence-corrected chi connectivity index (χ3v) is 3.47. The van der Waals surface area contributed by atoms with Crippen LogP contribution in [-0.4, -0.2) is 11.9 Å². The Labute approximate surface area is 147 Å². The van der Waals surface area contributed by atoms with Crippen molar-refractivity contribution in [2.45, 2.75) is 9.04 Å². The molecule has 0 heterocycles. The number of esters is 2. The van der Waals surface area contributed by atoms with Crippen molar-refractivity contribution in [1.29, 1.82) is 0 Å². The van der Waals surface area contributed by atoms with Gasteiger partial charge in [-0.25, -0.2) is 9.59 Å². The highest BCUT2D eigenvalue weighted by atomic mass is 35.5. The van der Waals surface area contributed by atoms with Crippen molar-refractivity contribution in [1.82, 2.24) is 0 Å². The van der Waals surface area contributed by atoms with Crippen LogP contribution in [0.15, 0.2) is 49.6 Å². The van der Waals surface area contributed by atoms with Crippen molar-refractivity contribution in [2.24, 2.45) is 0 Å². The summed E-state index contributed by atoms with van der Waals surface area (Å²) in [4.78, 5) is 22.6. The molecular weight excluding hydrogens is 374 g/mol. The quantitative estimate of drug-likeness (QED) is 0.417. The molecule has 0 unspecified atom stereocenters. The van der Waals surface area contributed by atoms with Gasteiger partial charge in [0, 0.05) is 23.3 Å². The summed E-state index contributed by atoms with van der Waals surface area (Å²) in [6.45, 7) is 6.47. The molecule has 8 heteroatoms. The summed E-state index contributed by atoms with van der Waals surface area (Å²) in [6, 6.07) is 5.93. The Morgan fingerprint density at radius 2 is 1.18 bits per heavy atom. The summed E-state index contributed by atoms with van der Waals surface area (Å²) in [7, 11) is 0. The number of ether oxygens (including phenoxy) is 2. The molecule has 22 heavy (non-hydrogen) atoms. The smallest absolute Gasteiger partial charge is 0.333 e. The molecule has 1 aromatic rings. The summed E-state index contributed by atoms with van der Waals surface area (Å²) < 4.78 is 5.45. The predicted molar refractivity (Wildman–Crippen MR) is 85.8 cm³/mol. The molecule has 4 nitrogen and oxygen atoms in total. The summed E-state index contributed by atoms with van der Waals surface area (Å²) >= 11 is 24.1. The van der Waals surface area contributed by atoms with E-state index in [0.29, 0.717) is 0 Å². The second kappa shape index (κ2) is 7.38. The van der Waals surface area contributed by atoms with E-state index in [-0.39, 0.29) is 11.1 Å². The van der Waals surface area contributed by atoms with E-state index in [1.54, 1.807) is 12.1 Å². The third-order valence-electron chi connectivity index (χ3n) is 2.35. The Morgan fingerprint density at radius 1 is 0.864 bits per heavy atom. The van der Waals surface area contributed by atoms with Gasteiger partial charge in [0.05, 0.1) is 0 Å². The summed E-state index contributed by atoms with van der Waals surface area (Å²) in [5.41, 5.74) is 0.0470. The number of hydrogen-bond donors (Lipinski definition) is 0. The van der Waals surface area contributed by atoms with Crippen LogP contribution < -0.4 is 0 Å². The topological polar surface area (TPSA) is 52.6 Å². The van der Waals surface area contributed by atoms with Crippen LogP contribution >= 0.6 is 46.4 Å². The summed E-state index contributed by atoms with van der Waals surface area (Å²) in [5.74, 6) is -1.73. The molecule has 0 amide bonds. The van der Waals surface area contributed by atoms with Gasteiger partial charge in [0.15, 0.2) is 0 Å². The first-order valence-electron chi connectivity index (χ1n) is 5.70. The number of carbonyl (C=O) groups is 2. The zero-order chi connectivity index (χ0) is 17.0. The minimum Gasteiger partial charge on any atom is -0.421 e. The molecule has 0 aromatic heterocycles. The highest BCUT2D eigenvalue weighted by molar-refractivity contribution is 6.49. The van der Waals surface area contributed by atoms with E-state index in [0.717, 1.165) is 12.2 Å². The maximum absolute atomic E-state index is 11.3. The van der Waals surface area contributed by atoms with E-state index in [2.05, 4.69) is 13.2 Å². The second-order valence-corrected chi connectivity index (χ2v) is 6.35. The van der Waals surface area contributed by atoms with E-state index in [4.69, 9.17) is 55.9 Å². The fourth-order valence-corrected chi connectivity index (χ4v) is 2.40. The Bertz CT molecular complexity index is 558.